The summed E-state index contributed by atoms with van der Waals surface area (Å²) in [6, 6.07) is 21.3. The molecule has 10 nitrogen and oxygen atoms in total. The summed E-state index contributed by atoms with van der Waals surface area (Å²) in [6.07, 6.45) is 5.10. The van der Waals surface area contributed by atoms with Crippen molar-refractivity contribution < 1.29 is 18.8 Å². The number of imide groups is 1. The minimum Gasteiger partial charge on any atom is -0.348 e. The second-order valence-corrected chi connectivity index (χ2v) is 12.1. The van der Waals surface area contributed by atoms with Crippen LogP contribution in [0.5, 0.6) is 0 Å². The highest BCUT2D eigenvalue weighted by atomic mass is 32.2. The highest BCUT2D eigenvalue weighted by molar-refractivity contribution is 8.18. The molecular formula is C34H32FN7O3S. The van der Waals surface area contributed by atoms with E-state index in [0.717, 1.165) is 49.8 Å². The molecule has 2 aromatic carbocycles. The lowest BCUT2D eigenvalue weighted by Crippen LogP contribution is -2.38. The molecule has 0 saturated carbocycles. The molecule has 0 atom stereocenters. The first-order valence-corrected chi connectivity index (χ1v) is 15.8. The van der Waals surface area contributed by atoms with Crippen molar-refractivity contribution in [3.05, 3.63) is 112 Å². The number of thioether (sulfide) groups is 1. The Morgan fingerprint density at radius 1 is 1.00 bits per heavy atom. The zero-order valence-corrected chi connectivity index (χ0v) is 25.7. The molecule has 0 unspecified atom stereocenters. The Kier molecular flexibility index (Phi) is 9.75. The van der Waals surface area contributed by atoms with Gasteiger partial charge in [-0.15, -0.1) is 0 Å². The number of piperidine rings is 1. The van der Waals surface area contributed by atoms with Gasteiger partial charge in [0, 0.05) is 49.6 Å². The number of rotatable bonds is 10. The van der Waals surface area contributed by atoms with Gasteiger partial charge >= 0.3 is 0 Å². The molecule has 0 spiro atoms. The molecule has 2 aromatic heterocycles. The average molecular weight is 638 g/mol. The highest BCUT2D eigenvalue weighted by Crippen LogP contribution is 2.26. The minimum atomic E-state index is -0.415. The molecule has 2 aliphatic heterocycles. The van der Waals surface area contributed by atoms with Crippen molar-refractivity contribution in [2.75, 3.05) is 24.5 Å². The number of carbonyl (C=O) groups excluding carboxylic acids is 3. The number of hydrogen-bond acceptors (Lipinski definition) is 9. The molecule has 6 rings (SSSR count). The molecule has 2 saturated heterocycles. The summed E-state index contributed by atoms with van der Waals surface area (Å²) < 4.78 is 14.6. The smallest absolute Gasteiger partial charge is 0.290 e. The molecule has 0 aliphatic carbocycles. The molecule has 3 amide bonds. The van der Waals surface area contributed by atoms with Gasteiger partial charge in [-0.2, -0.15) is 0 Å². The average Bonchev–Trinajstić information content (AvgIpc) is 3.39. The molecule has 2 aliphatic rings. The lowest BCUT2D eigenvalue weighted by molar-refractivity contribution is -0.115. The standard InChI is InChI=1S/C34H32FN7O3S/c35-26-16-28(39-29(17-26)24-7-4-8-25(15-24)31(43)38-20-22-5-2-1-3-6-22)21-36-19-23-10-13-42(14-11-23)33-37-12-9-27(40-33)18-30-32(44)41-34(45)46-30/h1-9,12,15-18,23,36H,10-11,13-14,19-21H2,(H,38,43)(H,41,44,45)/b30-18-. The van der Waals surface area contributed by atoms with E-state index in [2.05, 4.69) is 35.8 Å². The van der Waals surface area contributed by atoms with Crippen LogP contribution >= 0.6 is 11.8 Å². The Balaban J connectivity index is 1.00. The topological polar surface area (TPSA) is 129 Å². The van der Waals surface area contributed by atoms with E-state index in [-0.39, 0.29) is 17.0 Å². The monoisotopic (exact) mass is 637 g/mol. The van der Waals surface area contributed by atoms with Gasteiger partial charge in [0.25, 0.3) is 17.1 Å². The Bertz CT molecular complexity index is 1780. The summed E-state index contributed by atoms with van der Waals surface area (Å²) in [5.41, 5.74) is 3.78. The van der Waals surface area contributed by atoms with Gasteiger partial charge in [0.1, 0.15) is 5.82 Å². The molecule has 12 heteroatoms. The molecule has 4 heterocycles. The van der Waals surface area contributed by atoms with Gasteiger partial charge in [0.15, 0.2) is 0 Å². The molecule has 4 aromatic rings. The maximum atomic E-state index is 14.6. The zero-order chi connectivity index (χ0) is 31.9. The van der Waals surface area contributed by atoms with Crippen molar-refractivity contribution in [2.24, 2.45) is 5.92 Å². The fourth-order valence-electron chi connectivity index (χ4n) is 5.38. The minimum absolute atomic E-state index is 0.207. The van der Waals surface area contributed by atoms with Crippen LogP contribution in [0.3, 0.4) is 0 Å². The van der Waals surface area contributed by atoms with Gasteiger partial charge in [-0.05, 0) is 73.0 Å². The highest BCUT2D eigenvalue weighted by Gasteiger charge is 2.26. The molecule has 3 N–H and O–H groups in total. The van der Waals surface area contributed by atoms with Crippen LogP contribution < -0.4 is 20.9 Å². The van der Waals surface area contributed by atoms with Crippen LogP contribution in [-0.4, -0.2) is 51.6 Å². The number of aromatic nitrogens is 3. The van der Waals surface area contributed by atoms with E-state index in [1.165, 1.54) is 12.1 Å². The van der Waals surface area contributed by atoms with Crippen LogP contribution in [0.15, 0.2) is 83.9 Å². The van der Waals surface area contributed by atoms with Crippen LogP contribution in [0.25, 0.3) is 17.3 Å². The Morgan fingerprint density at radius 3 is 2.61 bits per heavy atom. The quantitative estimate of drug-likeness (QED) is 0.207. The number of nitrogens with zero attached hydrogens (tertiary/aromatic N) is 4. The van der Waals surface area contributed by atoms with Crippen LogP contribution in [-0.2, 0) is 17.9 Å². The van der Waals surface area contributed by atoms with Crippen molar-refractivity contribution in [3.63, 3.8) is 0 Å². The SMILES string of the molecule is O=C1NC(=O)/C(=C/c2ccnc(N3CCC(CNCc4cc(F)cc(-c5cccc(C(=O)NCc6ccccc6)c5)n4)CC3)n2)S1. The van der Waals surface area contributed by atoms with Crippen LogP contribution in [0, 0.1) is 11.7 Å². The number of benzene rings is 2. The summed E-state index contributed by atoms with van der Waals surface area (Å²) in [5.74, 6) is 0.00347. The van der Waals surface area contributed by atoms with Crippen molar-refractivity contribution in [2.45, 2.75) is 25.9 Å². The van der Waals surface area contributed by atoms with E-state index in [1.54, 1.807) is 36.5 Å². The number of hydrogen-bond donors (Lipinski definition) is 3. The van der Waals surface area contributed by atoms with Gasteiger partial charge in [-0.25, -0.2) is 14.4 Å². The summed E-state index contributed by atoms with van der Waals surface area (Å²) in [4.78, 5) is 52.2. The van der Waals surface area contributed by atoms with Gasteiger partial charge in [0.2, 0.25) is 5.95 Å². The van der Waals surface area contributed by atoms with E-state index >= 15 is 0 Å². The van der Waals surface area contributed by atoms with E-state index in [1.807, 2.05) is 36.4 Å². The molecule has 2 fully saturated rings. The van der Waals surface area contributed by atoms with E-state index < -0.39 is 5.91 Å². The molecule has 46 heavy (non-hydrogen) atoms. The Hall–Kier alpha value is -4.94. The summed E-state index contributed by atoms with van der Waals surface area (Å²) in [7, 11) is 0. The fourth-order valence-corrected chi connectivity index (χ4v) is 6.05. The third-order valence-corrected chi connectivity index (χ3v) is 8.59. The number of nitrogens with one attached hydrogen (secondary N) is 3. The van der Waals surface area contributed by atoms with Gasteiger partial charge < -0.3 is 15.5 Å². The predicted octanol–water partition coefficient (Wildman–Crippen LogP) is 4.94. The lowest BCUT2D eigenvalue weighted by Gasteiger charge is -2.32. The Morgan fingerprint density at radius 2 is 1.83 bits per heavy atom. The normalized spacial score (nSPS) is 16.1. The first kappa shape index (κ1) is 31.1. The molecule has 0 radical (unpaired) electrons. The largest absolute Gasteiger partial charge is 0.348 e. The predicted molar refractivity (Wildman–Crippen MR) is 175 cm³/mol. The lowest BCUT2D eigenvalue weighted by atomic mass is 9.97. The van der Waals surface area contributed by atoms with Crippen molar-refractivity contribution in [3.8, 4) is 11.3 Å². The third-order valence-electron chi connectivity index (χ3n) is 7.78. The molecular weight excluding hydrogens is 605 g/mol. The first-order valence-electron chi connectivity index (χ1n) is 15.0. The maximum Gasteiger partial charge on any atom is 0.290 e. The van der Waals surface area contributed by atoms with Crippen molar-refractivity contribution in [1.29, 1.82) is 0 Å². The molecule has 0 bridgehead atoms. The first-order chi connectivity index (χ1) is 22.4. The van der Waals surface area contributed by atoms with Crippen LogP contribution in [0.4, 0.5) is 15.1 Å². The van der Waals surface area contributed by atoms with E-state index in [4.69, 9.17) is 0 Å². The number of halogens is 1. The van der Waals surface area contributed by atoms with E-state index in [9.17, 15) is 18.8 Å². The van der Waals surface area contributed by atoms with Crippen molar-refractivity contribution >= 4 is 40.8 Å². The zero-order valence-electron chi connectivity index (χ0n) is 24.9. The third kappa shape index (κ3) is 8.01. The van der Waals surface area contributed by atoms with Gasteiger partial charge in [-0.3, -0.25) is 24.7 Å². The number of anilines is 1. The Labute approximate surface area is 269 Å². The fraction of sp³-hybridized carbons (Fsp3) is 0.235. The second kappa shape index (κ2) is 14.4. The summed E-state index contributed by atoms with van der Waals surface area (Å²) in [5, 5.41) is 8.22. The van der Waals surface area contributed by atoms with E-state index in [0.29, 0.717) is 58.1 Å². The van der Waals surface area contributed by atoms with Gasteiger partial charge in [-0.1, -0.05) is 42.5 Å². The number of pyridine rings is 1. The van der Waals surface area contributed by atoms with Gasteiger partial charge in [0.05, 0.1) is 22.0 Å². The summed E-state index contributed by atoms with van der Waals surface area (Å²) >= 11 is 0.859. The van der Waals surface area contributed by atoms with Crippen LogP contribution in [0.2, 0.25) is 0 Å². The molecule has 234 valence electrons. The van der Waals surface area contributed by atoms with Crippen LogP contribution in [0.1, 0.15) is 40.2 Å². The summed E-state index contributed by atoms with van der Waals surface area (Å²) in [6.45, 7) is 3.14. The van der Waals surface area contributed by atoms with Crippen molar-refractivity contribution in [1.82, 2.24) is 30.9 Å². The maximum absolute atomic E-state index is 14.6. The second-order valence-electron chi connectivity index (χ2n) is 11.1. The number of carbonyl (C=O) groups is 3. The number of amides is 3.